The van der Waals surface area contributed by atoms with Crippen molar-refractivity contribution >= 4 is 51.5 Å². The molecule has 2 aromatic carbocycles. The number of phenolic OH excluding ortho intramolecular Hbond substituents is 1. The minimum atomic E-state index is -0.342. The van der Waals surface area contributed by atoms with E-state index in [0.717, 1.165) is 4.47 Å². The Labute approximate surface area is 166 Å². The highest BCUT2D eigenvalue weighted by Gasteiger charge is 2.09. The molecule has 134 valence electrons. The second-order valence-corrected chi connectivity index (χ2v) is 7.20. The first-order valence-electron chi connectivity index (χ1n) is 7.40. The number of H-pyrrole nitrogens is 1. The lowest BCUT2D eigenvalue weighted by atomic mass is 10.1. The molecule has 0 bridgehead atoms. The predicted octanol–water partition coefficient (Wildman–Crippen LogP) is 3.15. The second-order valence-electron chi connectivity index (χ2n) is 5.41. The van der Waals surface area contributed by atoms with Crippen LogP contribution in [-0.2, 0) is 4.74 Å². The number of aromatic nitrogens is 2. The first-order chi connectivity index (χ1) is 12.4. The van der Waals surface area contributed by atoms with Gasteiger partial charge in [0.1, 0.15) is 17.4 Å². The molecule has 0 radical (unpaired) electrons. The van der Waals surface area contributed by atoms with Gasteiger partial charge in [-0.2, -0.15) is 0 Å². The van der Waals surface area contributed by atoms with Gasteiger partial charge < -0.3 is 9.84 Å². The van der Waals surface area contributed by atoms with Crippen molar-refractivity contribution in [2.45, 2.75) is 0 Å². The SMILES string of the molecule is COC=c1[nH]n(-c2cc(Cl)cc(Cl)c2)c(=O)c1=Cc1cc(Br)ccc1O. The van der Waals surface area contributed by atoms with Gasteiger partial charge >= 0.3 is 0 Å². The van der Waals surface area contributed by atoms with E-state index in [-0.39, 0.29) is 11.3 Å². The van der Waals surface area contributed by atoms with Crippen LogP contribution in [-0.4, -0.2) is 22.0 Å². The first kappa shape index (κ1) is 18.6. The zero-order valence-corrected chi connectivity index (χ0v) is 16.6. The molecular formula is C18H13BrCl2N2O3. The van der Waals surface area contributed by atoms with Crippen molar-refractivity contribution in [1.29, 1.82) is 0 Å². The van der Waals surface area contributed by atoms with Crippen molar-refractivity contribution in [1.82, 2.24) is 9.78 Å². The van der Waals surface area contributed by atoms with E-state index in [2.05, 4.69) is 21.0 Å². The number of nitrogens with zero attached hydrogens (tertiary/aromatic N) is 1. The summed E-state index contributed by atoms with van der Waals surface area (Å²) in [6.07, 6.45) is 2.98. The molecule has 0 saturated carbocycles. The van der Waals surface area contributed by atoms with Crippen LogP contribution < -0.4 is 16.1 Å². The number of aromatic hydroxyl groups is 1. The fraction of sp³-hybridized carbons (Fsp3) is 0.0556. The number of ether oxygens (including phenoxy) is 1. The number of hydrogen-bond acceptors (Lipinski definition) is 3. The largest absolute Gasteiger partial charge is 0.507 e. The van der Waals surface area contributed by atoms with Crippen LogP contribution in [0.25, 0.3) is 18.0 Å². The Balaban J connectivity index is 2.32. The van der Waals surface area contributed by atoms with Crippen LogP contribution in [0.4, 0.5) is 0 Å². The summed E-state index contributed by atoms with van der Waals surface area (Å²) < 4.78 is 7.14. The molecule has 0 aliphatic heterocycles. The van der Waals surface area contributed by atoms with Crippen LogP contribution in [0.15, 0.2) is 45.7 Å². The second kappa shape index (κ2) is 7.61. The van der Waals surface area contributed by atoms with Gasteiger partial charge in [0.25, 0.3) is 5.56 Å². The van der Waals surface area contributed by atoms with Crippen LogP contribution in [0.2, 0.25) is 10.0 Å². The fourth-order valence-electron chi connectivity index (χ4n) is 2.46. The number of phenols is 1. The molecule has 0 aliphatic rings. The summed E-state index contributed by atoms with van der Waals surface area (Å²) in [4.78, 5) is 12.9. The third kappa shape index (κ3) is 3.82. The lowest BCUT2D eigenvalue weighted by molar-refractivity contribution is 0.389. The molecule has 8 heteroatoms. The number of hydrogen-bond donors (Lipinski definition) is 2. The van der Waals surface area contributed by atoms with Gasteiger partial charge in [-0.05, 0) is 42.5 Å². The number of rotatable bonds is 3. The predicted molar refractivity (Wildman–Crippen MR) is 107 cm³/mol. The number of methoxy groups -OCH3 is 1. The van der Waals surface area contributed by atoms with E-state index >= 15 is 0 Å². The van der Waals surface area contributed by atoms with E-state index < -0.39 is 0 Å². The number of nitrogens with one attached hydrogen (secondary N) is 1. The quantitative estimate of drug-likeness (QED) is 0.637. The Kier molecular flexibility index (Phi) is 5.46. The van der Waals surface area contributed by atoms with Gasteiger partial charge in [0.05, 0.1) is 18.0 Å². The maximum Gasteiger partial charge on any atom is 0.279 e. The van der Waals surface area contributed by atoms with Crippen molar-refractivity contribution in [3.05, 3.63) is 77.4 Å². The topological polar surface area (TPSA) is 67.2 Å². The van der Waals surface area contributed by atoms with Crippen LogP contribution in [0.5, 0.6) is 5.75 Å². The van der Waals surface area contributed by atoms with Crippen molar-refractivity contribution in [2.75, 3.05) is 7.11 Å². The van der Waals surface area contributed by atoms with Crippen LogP contribution in [0.1, 0.15) is 5.56 Å². The van der Waals surface area contributed by atoms with Crippen LogP contribution >= 0.6 is 39.1 Å². The molecule has 0 fully saturated rings. The van der Waals surface area contributed by atoms with Gasteiger partial charge in [0, 0.05) is 20.1 Å². The third-order valence-electron chi connectivity index (χ3n) is 3.59. The third-order valence-corrected chi connectivity index (χ3v) is 4.52. The van der Waals surface area contributed by atoms with Gasteiger partial charge in [0.15, 0.2) is 0 Å². The van der Waals surface area contributed by atoms with Crippen molar-refractivity contribution in [3.8, 4) is 11.4 Å². The Morgan fingerprint density at radius 2 is 1.88 bits per heavy atom. The highest BCUT2D eigenvalue weighted by Crippen LogP contribution is 2.22. The van der Waals surface area contributed by atoms with E-state index in [0.29, 0.717) is 31.9 Å². The Morgan fingerprint density at radius 1 is 1.19 bits per heavy atom. The average molecular weight is 456 g/mol. The molecule has 5 nitrogen and oxygen atoms in total. The molecule has 1 aromatic heterocycles. The average Bonchev–Trinajstić information content (AvgIpc) is 2.87. The normalized spacial score (nSPS) is 12.6. The zero-order valence-electron chi connectivity index (χ0n) is 13.5. The van der Waals surface area contributed by atoms with Gasteiger partial charge in [-0.1, -0.05) is 39.1 Å². The molecule has 0 aliphatic carbocycles. The first-order valence-corrected chi connectivity index (χ1v) is 8.94. The molecule has 0 saturated heterocycles. The summed E-state index contributed by atoms with van der Waals surface area (Å²) in [7, 11) is 1.48. The van der Waals surface area contributed by atoms with E-state index in [4.69, 9.17) is 27.9 Å². The molecule has 0 spiro atoms. The molecular weight excluding hydrogens is 443 g/mol. The molecule has 0 amide bonds. The zero-order chi connectivity index (χ0) is 18.8. The van der Waals surface area contributed by atoms with E-state index in [1.54, 1.807) is 36.4 Å². The van der Waals surface area contributed by atoms with E-state index in [9.17, 15) is 9.90 Å². The summed E-state index contributed by atoms with van der Waals surface area (Å²) in [5, 5.41) is 14.6. The molecule has 3 rings (SSSR count). The number of aromatic amines is 1. The maximum absolute atomic E-state index is 12.9. The van der Waals surface area contributed by atoms with Crippen molar-refractivity contribution in [2.24, 2.45) is 0 Å². The summed E-state index contributed by atoms with van der Waals surface area (Å²) in [6, 6.07) is 9.76. The number of benzene rings is 2. The molecule has 0 atom stereocenters. The summed E-state index contributed by atoms with van der Waals surface area (Å²) >= 11 is 15.4. The molecule has 1 heterocycles. The Morgan fingerprint density at radius 3 is 2.54 bits per heavy atom. The molecule has 2 N–H and O–H groups in total. The van der Waals surface area contributed by atoms with Gasteiger partial charge in [-0.25, -0.2) is 4.68 Å². The van der Waals surface area contributed by atoms with E-state index in [1.165, 1.54) is 24.1 Å². The summed E-state index contributed by atoms with van der Waals surface area (Å²) in [5.41, 5.74) is 0.625. The standard InChI is InChI=1S/C18H13BrCl2N2O3/c1-26-9-16-15(5-10-4-11(19)2-3-17(10)24)18(25)23(22-16)14-7-12(20)6-13(21)8-14/h2-9,22,24H,1H3. The minimum absolute atomic E-state index is 0.0505. The minimum Gasteiger partial charge on any atom is -0.507 e. The van der Waals surface area contributed by atoms with Gasteiger partial charge in [-0.15, -0.1) is 0 Å². The summed E-state index contributed by atoms with van der Waals surface area (Å²) in [6.45, 7) is 0. The molecule has 26 heavy (non-hydrogen) atoms. The monoisotopic (exact) mass is 454 g/mol. The van der Waals surface area contributed by atoms with Gasteiger partial charge in [-0.3, -0.25) is 9.89 Å². The van der Waals surface area contributed by atoms with Crippen molar-refractivity contribution < 1.29 is 9.84 Å². The maximum atomic E-state index is 12.9. The Hall–Kier alpha value is -2.15. The molecule has 0 unspecified atom stereocenters. The lowest BCUT2D eigenvalue weighted by Crippen LogP contribution is -2.34. The van der Waals surface area contributed by atoms with Gasteiger partial charge in [0.2, 0.25) is 0 Å². The van der Waals surface area contributed by atoms with Crippen LogP contribution in [0.3, 0.4) is 0 Å². The Bertz CT molecular complexity index is 1130. The smallest absolute Gasteiger partial charge is 0.279 e. The number of halogens is 3. The van der Waals surface area contributed by atoms with E-state index in [1.807, 2.05) is 0 Å². The van der Waals surface area contributed by atoms with Crippen molar-refractivity contribution in [3.63, 3.8) is 0 Å². The lowest BCUT2D eigenvalue weighted by Gasteiger charge is -2.02. The highest BCUT2D eigenvalue weighted by molar-refractivity contribution is 9.10. The fourth-order valence-corrected chi connectivity index (χ4v) is 3.35. The molecule has 3 aromatic rings. The highest BCUT2D eigenvalue weighted by atomic mass is 79.9. The summed E-state index contributed by atoms with van der Waals surface area (Å²) in [5.74, 6) is 0.0505. The van der Waals surface area contributed by atoms with Crippen LogP contribution in [0, 0.1) is 0 Å².